The Kier molecular flexibility index (Phi) is 4.80. The van der Waals surface area contributed by atoms with E-state index in [2.05, 4.69) is 10.0 Å². The van der Waals surface area contributed by atoms with Gasteiger partial charge >= 0.3 is 0 Å². The molecule has 1 aliphatic rings. The van der Waals surface area contributed by atoms with E-state index < -0.39 is 10.0 Å². The summed E-state index contributed by atoms with van der Waals surface area (Å²) < 4.78 is 32.9. The van der Waals surface area contributed by atoms with Crippen molar-refractivity contribution in [1.29, 1.82) is 0 Å². The molecule has 112 valence electrons. The normalized spacial score (nSPS) is 23.1. The van der Waals surface area contributed by atoms with E-state index in [1.54, 1.807) is 18.2 Å². The van der Waals surface area contributed by atoms with E-state index in [9.17, 15) is 8.42 Å². The van der Waals surface area contributed by atoms with Gasteiger partial charge in [-0.1, -0.05) is 12.1 Å². The van der Waals surface area contributed by atoms with Crippen LogP contribution in [0.2, 0.25) is 0 Å². The molecule has 0 aliphatic carbocycles. The third kappa shape index (κ3) is 3.79. The van der Waals surface area contributed by atoms with Gasteiger partial charge < -0.3 is 10.1 Å². The molecule has 20 heavy (non-hydrogen) atoms. The molecule has 0 bridgehead atoms. The first-order chi connectivity index (χ1) is 9.45. The zero-order chi connectivity index (χ0) is 14.6. The largest absolute Gasteiger partial charge is 0.374 e. The Bertz CT molecular complexity index is 551. The Labute approximate surface area is 120 Å². The molecule has 1 atom stereocenters. The predicted molar refractivity (Wildman–Crippen MR) is 78.0 cm³/mol. The molecule has 1 aromatic carbocycles. The first-order valence-electron chi connectivity index (χ1n) is 6.82. The van der Waals surface area contributed by atoms with E-state index in [1.807, 2.05) is 20.0 Å². The van der Waals surface area contributed by atoms with Crippen molar-refractivity contribution in [3.8, 4) is 0 Å². The number of sulfonamides is 1. The second kappa shape index (κ2) is 6.22. The highest BCUT2D eigenvalue weighted by molar-refractivity contribution is 7.89. The smallest absolute Gasteiger partial charge is 0.240 e. The quantitative estimate of drug-likeness (QED) is 0.829. The van der Waals surface area contributed by atoms with Crippen LogP contribution in [0.25, 0.3) is 0 Å². The molecule has 1 fully saturated rings. The summed E-state index contributed by atoms with van der Waals surface area (Å²) in [5, 5.41) is 3.01. The molecule has 0 aromatic heterocycles. The number of nitrogens with one attached hydrogen (secondary N) is 2. The van der Waals surface area contributed by atoms with Gasteiger partial charge in [0.15, 0.2) is 0 Å². The van der Waals surface area contributed by atoms with E-state index in [0.717, 1.165) is 18.4 Å². The number of ether oxygens (including phenoxy) is 1. The van der Waals surface area contributed by atoms with E-state index in [-0.39, 0.29) is 5.60 Å². The Morgan fingerprint density at radius 1 is 1.40 bits per heavy atom. The lowest BCUT2D eigenvalue weighted by atomic mass is 10.0. The van der Waals surface area contributed by atoms with Gasteiger partial charge in [0.05, 0.1) is 10.5 Å². The SMILES string of the molecule is CNCc1cccc(S(=O)(=O)NCC2(C)CCCO2)c1. The summed E-state index contributed by atoms with van der Waals surface area (Å²) in [6, 6.07) is 6.96. The summed E-state index contributed by atoms with van der Waals surface area (Å²) in [5.41, 5.74) is 0.564. The van der Waals surface area contributed by atoms with Crippen LogP contribution >= 0.6 is 0 Å². The number of hydrogen-bond donors (Lipinski definition) is 2. The highest BCUT2D eigenvalue weighted by atomic mass is 32.2. The minimum atomic E-state index is -3.48. The van der Waals surface area contributed by atoms with Crippen molar-refractivity contribution < 1.29 is 13.2 Å². The number of hydrogen-bond acceptors (Lipinski definition) is 4. The zero-order valence-electron chi connectivity index (χ0n) is 12.0. The molecule has 2 N–H and O–H groups in total. The Balaban J connectivity index is 2.07. The Morgan fingerprint density at radius 3 is 2.85 bits per heavy atom. The lowest BCUT2D eigenvalue weighted by Crippen LogP contribution is -2.40. The second-order valence-electron chi connectivity index (χ2n) is 5.40. The van der Waals surface area contributed by atoms with Gasteiger partial charge in [-0.15, -0.1) is 0 Å². The average Bonchev–Trinajstić information content (AvgIpc) is 2.85. The maximum atomic E-state index is 12.3. The lowest BCUT2D eigenvalue weighted by molar-refractivity contribution is 0.0250. The number of benzene rings is 1. The highest BCUT2D eigenvalue weighted by Crippen LogP contribution is 2.24. The predicted octanol–water partition coefficient (Wildman–Crippen LogP) is 1.25. The topological polar surface area (TPSA) is 67.4 Å². The van der Waals surface area contributed by atoms with Gasteiger partial charge in [0, 0.05) is 19.7 Å². The second-order valence-corrected chi connectivity index (χ2v) is 7.17. The minimum Gasteiger partial charge on any atom is -0.374 e. The van der Waals surface area contributed by atoms with Crippen LogP contribution in [0.3, 0.4) is 0 Å². The lowest BCUT2D eigenvalue weighted by Gasteiger charge is -2.23. The molecule has 1 aromatic rings. The average molecular weight is 298 g/mol. The van der Waals surface area contributed by atoms with Crippen molar-refractivity contribution in [2.45, 2.75) is 36.8 Å². The zero-order valence-corrected chi connectivity index (χ0v) is 12.8. The van der Waals surface area contributed by atoms with Crippen molar-refractivity contribution >= 4 is 10.0 Å². The molecule has 2 rings (SSSR count). The van der Waals surface area contributed by atoms with Crippen molar-refractivity contribution in [2.24, 2.45) is 0 Å². The molecule has 1 aliphatic heterocycles. The van der Waals surface area contributed by atoms with Crippen LogP contribution in [0, 0.1) is 0 Å². The van der Waals surface area contributed by atoms with Crippen LogP contribution in [0.4, 0.5) is 0 Å². The molecule has 0 amide bonds. The molecular formula is C14H22N2O3S. The van der Waals surface area contributed by atoms with Gasteiger partial charge in [-0.2, -0.15) is 0 Å². The van der Waals surface area contributed by atoms with Crippen LogP contribution in [-0.4, -0.2) is 34.2 Å². The summed E-state index contributed by atoms with van der Waals surface area (Å²) in [7, 11) is -1.65. The summed E-state index contributed by atoms with van der Waals surface area (Å²) in [4.78, 5) is 0.298. The van der Waals surface area contributed by atoms with E-state index in [0.29, 0.717) is 24.6 Å². The van der Waals surface area contributed by atoms with Crippen LogP contribution in [0.5, 0.6) is 0 Å². The van der Waals surface area contributed by atoms with Crippen LogP contribution < -0.4 is 10.0 Å². The van der Waals surface area contributed by atoms with Gasteiger partial charge in [-0.25, -0.2) is 13.1 Å². The Hall–Kier alpha value is -0.950. The molecule has 1 heterocycles. The molecule has 1 unspecified atom stereocenters. The summed E-state index contributed by atoms with van der Waals surface area (Å²) in [6.07, 6.45) is 1.87. The first-order valence-corrected chi connectivity index (χ1v) is 8.31. The van der Waals surface area contributed by atoms with Crippen molar-refractivity contribution in [1.82, 2.24) is 10.0 Å². The summed E-state index contributed by atoms with van der Waals surface area (Å²) in [6.45, 7) is 3.60. The van der Waals surface area contributed by atoms with E-state index in [1.165, 1.54) is 0 Å². The monoisotopic (exact) mass is 298 g/mol. The van der Waals surface area contributed by atoms with Gasteiger partial charge in [-0.05, 0) is 44.5 Å². The summed E-state index contributed by atoms with van der Waals surface area (Å²) >= 11 is 0. The van der Waals surface area contributed by atoms with Crippen LogP contribution in [0.1, 0.15) is 25.3 Å². The fourth-order valence-electron chi connectivity index (χ4n) is 2.33. The molecular weight excluding hydrogens is 276 g/mol. The molecule has 0 radical (unpaired) electrons. The van der Waals surface area contributed by atoms with E-state index >= 15 is 0 Å². The highest BCUT2D eigenvalue weighted by Gasteiger charge is 2.31. The minimum absolute atomic E-state index is 0.298. The van der Waals surface area contributed by atoms with Gasteiger partial charge in [0.25, 0.3) is 0 Å². The maximum absolute atomic E-state index is 12.3. The molecule has 5 nitrogen and oxygen atoms in total. The Morgan fingerprint density at radius 2 is 2.20 bits per heavy atom. The van der Waals surface area contributed by atoms with Crippen molar-refractivity contribution in [2.75, 3.05) is 20.2 Å². The fourth-order valence-corrected chi connectivity index (χ4v) is 3.56. The molecule has 6 heteroatoms. The van der Waals surface area contributed by atoms with Crippen LogP contribution in [-0.2, 0) is 21.3 Å². The summed E-state index contributed by atoms with van der Waals surface area (Å²) in [5.74, 6) is 0. The third-order valence-corrected chi connectivity index (χ3v) is 4.93. The number of rotatable bonds is 6. The van der Waals surface area contributed by atoms with Crippen molar-refractivity contribution in [3.63, 3.8) is 0 Å². The maximum Gasteiger partial charge on any atom is 0.240 e. The first kappa shape index (κ1) is 15.4. The van der Waals surface area contributed by atoms with Gasteiger partial charge in [0.1, 0.15) is 0 Å². The standard InChI is InChI=1S/C14H22N2O3S/c1-14(7-4-8-19-14)11-16-20(17,18)13-6-3-5-12(9-13)10-15-2/h3,5-6,9,15-16H,4,7-8,10-11H2,1-2H3. The van der Waals surface area contributed by atoms with Gasteiger partial charge in [-0.3, -0.25) is 0 Å². The third-order valence-electron chi connectivity index (χ3n) is 3.53. The molecule has 0 saturated carbocycles. The van der Waals surface area contributed by atoms with Gasteiger partial charge in [0.2, 0.25) is 10.0 Å². The molecule has 0 spiro atoms. The van der Waals surface area contributed by atoms with Crippen molar-refractivity contribution in [3.05, 3.63) is 29.8 Å². The van der Waals surface area contributed by atoms with E-state index in [4.69, 9.17) is 4.74 Å². The molecule has 1 saturated heterocycles. The van der Waals surface area contributed by atoms with Crippen LogP contribution in [0.15, 0.2) is 29.2 Å². The fraction of sp³-hybridized carbons (Fsp3) is 0.571.